The molecule has 31 heavy (non-hydrogen) atoms. The van der Waals surface area contributed by atoms with Crippen LogP contribution in [0.5, 0.6) is 0 Å². The van der Waals surface area contributed by atoms with Gasteiger partial charge < -0.3 is 10.6 Å². The van der Waals surface area contributed by atoms with E-state index in [0.717, 1.165) is 24.3 Å². The van der Waals surface area contributed by atoms with Crippen molar-refractivity contribution in [3.63, 3.8) is 0 Å². The Morgan fingerprint density at radius 1 is 0.710 bits per heavy atom. The van der Waals surface area contributed by atoms with E-state index in [1.165, 1.54) is 36.0 Å². The molecule has 0 aliphatic heterocycles. The van der Waals surface area contributed by atoms with Gasteiger partial charge in [0, 0.05) is 35.7 Å². The highest BCUT2D eigenvalue weighted by atomic mass is 32.2. The third-order valence-corrected chi connectivity index (χ3v) is 4.88. The summed E-state index contributed by atoms with van der Waals surface area (Å²) in [7, 11) is 0. The van der Waals surface area contributed by atoms with Gasteiger partial charge in [0.2, 0.25) is 11.8 Å². The van der Waals surface area contributed by atoms with E-state index in [-0.39, 0.29) is 24.2 Å². The molecule has 0 spiro atoms. The first-order valence-corrected chi connectivity index (χ1v) is 10.1. The molecule has 0 saturated carbocycles. The van der Waals surface area contributed by atoms with Crippen molar-refractivity contribution in [1.29, 1.82) is 0 Å². The smallest absolute Gasteiger partial charge is 0.326 e. The van der Waals surface area contributed by atoms with Gasteiger partial charge in [-0.2, -0.15) is 38.1 Å². The van der Waals surface area contributed by atoms with Crippen LogP contribution < -0.4 is 10.6 Å². The first-order chi connectivity index (χ1) is 14.4. The summed E-state index contributed by atoms with van der Waals surface area (Å²) in [5.74, 6) is -0.302. The molecule has 168 valence electrons. The van der Waals surface area contributed by atoms with Crippen molar-refractivity contribution >= 4 is 35.0 Å². The molecule has 2 amide bonds. The average Bonchev–Trinajstić information content (AvgIpc) is 2.67. The van der Waals surface area contributed by atoms with Gasteiger partial charge >= 0.3 is 12.4 Å². The van der Waals surface area contributed by atoms with Crippen LogP contribution in [-0.2, 0) is 21.9 Å². The van der Waals surface area contributed by atoms with E-state index in [9.17, 15) is 35.9 Å². The molecule has 2 aromatic rings. The topological polar surface area (TPSA) is 58.2 Å². The summed E-state index contributed by atoms with van der Waals surface area (Å²) in [4.78, 5) is 23.7. The largest absolute Gasteiger partial charge is 0.416 e. The van der Waals surface area contributed by atoms with Gasteiger partial charge in [-0.25, -0.2) is 0 Å². The summed E-state index contributed by atoms with van der Waals surface area (Å²) in [6.45, 7) is 0. The Bertz CT molecular complexity index is 842. The SMILES string of the molecule is O=C(CCSCCC(=O)Nc1cccc(C(F)(F)F)c1)Nc1cccc(C(F)(F)F)c1. The number of benzene rings is 2. The number of amides is 2. The molecule has 0 aromatic heterocycles. The standard InChI is InChI=1S/C20H18F6N2O2S/c21-19(22,23)13-3-1-5-15(11-13)27-17(29)7-9-31-10-8-18(30)28-16-6-2-4-14(12-16)20(24,25)26/h1-6,11-12H,7-10H2,(H,27,29)(H,28,30). The van der Waals surface area contributed by atoms with Crippen LogP contribution >= 0.6 is 11.8 Å². The number of halogens is 6. The molecule has 4 nitrogen and oxygen atoms in total. The average molecular weight is 464 g/mol. The molecule has 0 fully saturated rings. The van der Waals surface area contributed by atoms with E-state index < -0.39 is 35.3 Å². The molecule has 2 N–H and O–H groups in total. The van der Waals surface area contributed by atoms with Crippen molar-refractivity contribution < 1.29 is 35.9 Å². The number of carbonyl (C=O) groups is 2. The highest BCUT2D eigenvalue weighted by molar-refractivity contribution is 7.99. The number of anilines is 2. The fraction of sp³-hybridized carbons (Fsp3) is 0.300. The number of hydrogen-bond donors (Lipinski definition) is 2. The first kappa shape index (κ1) is 24.6. The number of carbonyl (C=O) groups excluding carboxylic acids is 2. The zero-order valence-electron chi connectivity index (χ0n) is 15.9. The summed E-state index contributed by atoms with van der Waals surface area (Å²) in [5.41, 5.74) is -1.67. The van der Waals surface area contributed by atoms with E-state index in [0.29, 0.717) is 11.5 Å². The van der Waals surface area contributed by atoms with Crippen LogP contribution in [0.15, 0.2) is 48.5 Å². The van der Waals surface area contributed by atoms with Crippen LogP contribution in [0.4, 0.5) is 37.7 Å². The predicted molar refractivity (Wildman–Crippen MR) is 107 cm³/mol. The van der Waals surface area contributed by atoms with Crippen molar-refractivity contribution in [2.24, 2.45) is 0 Å². The minimum absolute atomic E-state index is 0.0240. The van der Waals surface area contributed by atoms with Crippen molar-refractivity contribution in [3.05, 3.63) is 59.7 Å². The third kappa shape index (κ3) is 8.52. The van der Waals surface area contributed by atoms with Crippen molar-refractivity contribution in [2.75, 3.05) is 22.1 Å². The quantitative estimate of drug-likeness (QED) is 0.383. The Morgan fingerprint density at radius 3 is 1.45 bits per heavy atom. The van der Waals surface area contributed by atoms with Crippen LogP contribution in [0, 0.1) is 0 Å². The summed E-state index contributed by atoms with van der Waals surface area (Å²) >= 11 is 1.26. The van der Waals surface area contributed by atoms with Gasteiger partial charge in [-0.05, 0) is 36.4 Å². The van der Waals surface area contributed by atoms with E-state index in [4.69, 9.17) is 0 Å². The van der Waals surface area contributed by atoms with Gasteiger partial charge in [0.05, 0.1) is 11.1 Å². The van der Waals surface area contributed by atoms with Gasteiger partial charge in [0.1, 0.15) is 0 Å². The van der Waals surface area contributed by atoms with Crippen molar-refractivity contribution in [3.8, 4) is 0 Å². The Labute approximate surface area is 178 Å². The van der Waals surface area contributed by atoms with Crippen molar-refractivity contribution in [2.45, 2.75) is 25.2 Å². The minimum atomic E-state index is -4.51. The van der Waals surface area contributed by atoms with E-state index in [1.807, 2.05) is 0 Å². The molecule has 2 aromatic carbocycles. The molecule has 0 heterocycles. The minimum Gasteiger partial charge on any atom is -0.326 e. The van der Waals surface area contributed by atoms with Crippen LogP contribution in [0.1, 0.15) is 24.0 Å². The maximum absolute atomic E-state index is 12.7. The second-order valence-electron chi connectivity index (χ2n) is 6.37. The predicted octanol–water partition coefficient (Wildman–Crippen LogP) is 5.81. The Morgan fingerprint density at radius 2 is 1.10 bits per heavy atom. The first-order valence-electron chi connectivity index (χ1n) is 8.97. The third-order valence-electron chi connectivity index (χ3n) is 3.89. The van der Waals surface area contributed by atoms with Gasteiger partial charge in [0.25, 0.3) is 0 Å². The number of thioether (sulfide) groups is 1. The zero-order valence-corrected chi connectivity index (χ0v) is 16.8. The lowest BCUT2D eigenvalue weighted by Crippen LogP contribution is -2.15. The number of alkyl halides is 6. The molecule has 0 saturated heterocycles. The molecule has 0 atom stereocenters. The van der Waals surface area contributed by atoms with Gasteiger partial charge in [-0.3, -0.25) is 9.59 Å². The molecular weight excluding hydrogens is 446 g/mol. The Balaban J connectivity index is 1.69. The summed E-state index contributed by atoms with van der Waals surface area (Å²) in [5, 5.41) is 4.76. The maximum atomic E-state index is 12.7. The fourth-order valence-corrected chi connectivity index (χ4v) is 3.29. The monoisotopic (exact) mass is 464 g/mol. The van der Waals surface area contributed by atoms with E-state index in [2.05, 4.69) is 10.6 Å². The maximum Gasteiger partial charge on any atom is 0.416 e. The molecule has 0 aliphatic rings. The highest BCUT2D eigenvalue weighted by Gasteiger charge is 2.31. The van der Waals surface area contributed by atoms with Crippen molar-refractivity contribution in [1.82, 2.24) is 0 Å². The lowest BCUT2D eigenvalue weighted by Gasteiger charge is -2.10. The van der Waals surface area contributed by atoms with Gasteiger partial charge in [-0.15, -0.1) is 0 Å². The normalized spacial score (nSPS) is 11.8. The molecule has 0 unspecified atom stereocenters. The Kier molecular flexibility index (Phi) is 8.37. The lowest BCUT2D eigenvalue weighted by molar-refractivity contribution is -0.138. The number of nitrogens with one attached hydrogen (secondary N) is 2. The molecule has 0 aliphatic carbocycles. The van der Waals surface area contributed by atoms with Gasteiger partial charge in [0.15, 0.2) is 0 Å². The Hall–Kier alpha value is -2.69. The summed E-state index contributed by atoms with van der Waals surface area (Å²) < 4.78 is 76.0. The van der Waals surface area contributed by atoms with E-state index >= 15 is 0 Å². The van der Waals surface area contributed by atoms with Crippen LogP contribution in [0.3, 0.4) is 0 Å². The summed E-state index contributed by atoms with van der Waals surface area (Å²) in [6, 6.07) is 8.54. The van der Waals surface area contributed by atoms with Gasteiger partial charge in [-0.1, -0.05) is 12.1 Å². The molecular formula is C20H18F6N2O2S. The van der Waals surface area contributed by atoms with Crippen LogP contribution in [-0.4, -0.2) is 23.3 Å². The zero-order chi connectivity index (χ0) is 23.1. The summed E-state index contributed by atoms with van der Waals surface area (Å²) in [6.07, 6.45) is -8.97. The fourth-order valence-electron chi connectivity index (χ4n) is 2.43. The molecule has 0 radical (unpaired) electrons. The molecule has 11 heteroatoms. The highest BCUT2D eigenvalue weighted by Crippen LogP contribution is 2.31. The number of rotatable bonds is 8. The van der Waals surface area contributed by atoms with E-state index in [1.54, 1.807) is 0 Å². The molecule has 0 bridgehead atoms. The van der Waals surface area contributed by atoms with Crippen LogP contribution in [0.2, 0.25) is 0 Å². The molecule has 2 rings (SSSR count). The second kappa shape index (κ2) is 10.6. The number of hydrogen-bond acceptors (Lipinski definition) is 3. The van der Waals surface area contributed by atoms with Crippen LogP contribution in [0.25, 0.3) is 0 Å². The second-order valence-corrected chi connectivity index (χ2v) is 7.59. The lowest BCUT2D eigenvalue weighted by atomic mass is 10.2.